The quantitative estimate of drug-likeness (QED) is 0.797. The third kappa shape index (κ3) is 2.29. The van der Waals surface area contributed by atoms with Crippen LogP contribution in [-0.2, 0) is 4.79 Å². The maximum atomic E-state index is 11.9. The van der Waals surface area contributed by atoms with Crippen molar-refractivity contribution in [1.82, 2.24) is 0 Å². The molecule has 1 aliphatic heterocycles. The van der Waals surface area contributed by atoms with Crippen molar-refractivity contribution in [1.29, 1.82) is 5.26 Å². The number of carbonyl (C=O) groups is 1. The largest absolute Gasteiger partial charge is 0.491 e. The molecule has 0 bridgehead atoms. The minimum absolute atomic E-state index is 0.0254. The van der Waals surface area contributed by atoms with E-state index in [0.29, 0.717) is 18.0 Å². The van der Waals surface area contributed by atoms with E-state index < -0.39 is 0 Å². The van der Waals surface area contributed by atoms with Crippen molar-refractivity contribution in [2.45, 2.75) is 19.4 Å². The molecule has 18 heavy (non-hydrogen) atoms. The lowest BCUT2D eigenvalue weighted by Crippen LogP contribution is -2.30. The first kappa shape index (κ1) is 12.4. The van der Waals surface area contributed by atoms with Crippen molar-refractivity contribution >= 4 is 11.6 Å². The summed E-state index contributed by atoms with van der Waals surface area (Å²) < 4.78 is 5.52. The fourth-order valence-corrected chi connectivity index (χ4v) is 1.91. The van der Waals surface area contributed by atoms with Crippen LogP contribution in [0.5, 0.6) is 5.75 Å². The number of ether oxygens (including phenoxy) is 1. The molecule has 0 aliphatic carbocycles. The zero-order chi connectivity index (χ0) is 13.1. The van der Waals surface area contributed by atoms with Gasteiger partial charge < -0.3 is 10.5 Å². The number of nitrogens with zero attached hydrogens (tertiary/aromatic N) is 2. The first-order chi connectivity index (χ1) is 8.63. The van der Waals surface area contributed by atoms with Crippen LogP contribution in [0.25, 0.3) is 0 Å². The Hall–Kier alpha value is -2.06. The highest BCUT2D eigenvalue weighted by Gasteiger charge is 2.23. The van der Waals surface area contributed by atoms with Crippen LogP contribution in [-0.4, -0.2) is 19.1 Å². The zero-order valence-electron chi connectivity index (χ0n) is 10.2. The highest BCUT2D eigenvalue weighted by atomic mass is 16.5. The van der Waals surface area contributed by atoms with Gasteiger partial charge in [0.1, 0.15) is 12.3 Å². The number of fused-ring (bicyclic) bond motifs is 1. The predicted molar refractivity (Wildman–Crippen MR) is 67.1 cm³/mol. The van der Waals surface area contributed by atoms with E-state index >= 15 is 0 Å². The van der Waals surface area contributed by atoms with Gasteiger partial charge in [0.25, 0.3) is 0 Å². The fraction of sp³-hybridized carbons (Fsp3) is 0.385. The Balaban J connectivity index is 2.48. The molecule has 0 fully saturated rings. The molecule has 1 aliphatic rings. The molecule has 1 aromatic rings. The molecule has 0 aromatic heterocycles. The molecule has 0 radical (unpaired) electrons. The summed E-state index contributed by atoms with van der Waals surface area (Å²) in [5.41, 5.74) is 7.38. The van der Waals surface area contributed by atoms with Gasteiger partial charge in [-0.1, -0.05) is 6.07 Å². The third-order valence-corrected chi connectivity index (χ3v) is 2.90. The summed E-state index contributed by atoms with van der Waals surface area (Å²) >= 11 is 0. The van der Waals surface area contributed by atoms with E-state index in [0.717, 1.165) is 5.56 Å². The summed E-state index contributed by atoms with van der Waals surface area (Å²) in [6.45, 7) is 2.23. The Labute approximate surface area is 106 Å². The molecule has 2 N–H and O–H groups in total. The SMILES string of the molecule is CC(N)c1ccc2c(c1)N(CC#N)C(=O)CCO2. The Morgan fingerprint density at radius 3 is 3.06 bits per heavy atom. The molecule has 0 saturated carbocycles. The molecule has 0 spiro atoms. The summed E-state index contributed by atoms with van der Waals surface area (Å²) in [5, 5.41) is 8.82. The van der Waals surface area contributed by atoms with Crippen molar-refractivity contribution in [3.63, 3.8) is 0 Å². The zero-order valence-corrected chi connectivity index (χ0v) is 10.2. The summed E-state index contributed by atoms with van der Waals surface area (Å²) in [7, 11) is 0. The van der Waals surface area contributed by atoms with E-state index in [9.17, 15) is 4.79 Å². The standard InChI is InChI=1S/C13H15N3O2/c1-9(15)10-2-3-12-11(8-10)16(6-5-14)13(17)4-7-18-12/h2-3,8-9H,4,6-7,15H2,1H3. The smallest absolute Gasteiger partial charge is 0.231 e. The summed E-state index contributed by atoms with van der Waals surface area (Å²) in [5.74, 6) is 0.526. The molecule has 2 rings (SSSR count). The van der Waals surface area contributed by atoms with E-state index in [2.05, 4.69) is 0 Å². The Bertz CT molecular complexity index is 505. The van der Waals surface area contributed by atoms with Gasteiger partial charge in [0.2, 0.25) is 5.91 Å². The monoisotopic (exact) mass is 245 g/mol. The normalized spacial score (nSPS) is 16.3. The lowest BCUT2D eigenvalue weighted by molar-refractivity contribution is -0.118. The van der Waals surface area contributed by atoms with Gasteiger partial charge in [-0.05, 0) is 24.6 Å². The maximum Gasteiger partial charge on any atom is 0.231 e. The van der Waals surface area contributed by atoms with Crippen LogP contribution in [0, 0.1) is 11.3 Å². The van der Waals surface area contributed by atoms with Gasteiger partial charge in [-0.15, -0.1) is 0 Å². The molecular formula is C13H15N3O2. The van der Waals surface area contributed by atoms with E-state index in [1.165, 1.54) is 4.90 Å². The van der Waals surface area contributed by atoms with Crippen molar-refractivity contribution in [3.05, 3.63) is 23.8 Å². The van der Waals surface area contributed by atoms with Crippen LogP contribution in [0.2, 0.25) is 0 Å². The van der Waals surface area contributed by atoms with Crippen LogP contribution >= 0.6 is 0 Å². The second-order valence-electron chi connectivity index (χ2n) is 4.25. The first-order valence-electron chi connectivity index (χ1n) is 5.83. The average molecular weight is 245 g/mol. The molecular weight excluding hydrogens is 230 g/mol. The molecule has 5 heteroatoms. The van der Waals surface area contributed by atoms with Crippen LogP contribution < -0.4 is 15.4 Å². The van der Waals surface area contributed by atoms with Gasteiger partial charge in [0.15, 0.2) is 0 Å². The molecule has 94 valence electrons. The number of benzene rings is 1. The topological polar surface area (TPSA) is 79.4 Å². The second kappa shape index (κ2) is 5.07. The van der Waals surface area contributed by atoms with E-state index in [-0.39, 0.29) is 24.9 Å². The minimum Gasteiger partial charge on any atom is -0.491 e. The molecule has 1 amide bonds. The van der Waals surface area contributed by atoms with Gasteiger partial charge in [0, 0.05) is 6.04 Å². The van der Waals surface area contributed by atoms with Gasteiger partial charge in [-0.3, -0.25) is 9.69 Å². The summed E-state index contributed by atoms with van der Waals surface area (Å²) in [6.07, 6.45) is 0.282. The first-order valence-corrected chi connectivity index (χ1v) is 5.83. The van der Waals surface area contributed by atoms with Crippen molar-refractivity contribution in [2.75, 3.05) is 18.1 Å². The second-order valence-corrected chi connectivity index (χ2v) is 4.25. The number of rotatable bonds is 2. The van der Waals surface area contributed by atoms with Gasteiger partial charge in [-0.2, -0.15) is 5.26 Å². The number of nitrogens with two attached hydrogens (primary N) is 1. The number of anilines is 1. The number of carbonyl (C=O) groups excluding carboxylic acids is 1. The number of hydrogen-bond donors (Lipinski definition) is 1. The van der Waals surface area contributed by atoms with E-state index in [4.69, 9.17) is 15.7 Å². The number of hydrogen-bond acceptors (Lipinski definition) is 4. The molecule has 1 aromatic carbocycles. The highest BCUT2D eigenvalue weighted by molar-refractivity contribution is 5.96. The maximum absolute atomic E-state index is 11.9. The Morgan fingerprint density at radius 2 is 2.39 bits per heavy atom. The van der Waals surface area contributed by atoms with Crippen molar-refractivity contribution < 1.29 is 9.53 Å². The Morgan fingerprint density at radius 1 is 1.61 bits per heavy atom. The summed E-state index contributed by atoms with van der Waals surface area (Å²) in [4.78, 5) is 13.4. The Kier molecular flexibility index (Phi) is 3.49. The lowest BCUT2D eigenvalue weighted by atomic mass is 10.1. The van der Waals surface area contributed by atoms with Crippen LogP contribution in [0.3, 0.4) is 0 Å². The molecule has 5 nitrogen and oxygen atoms in total. The minimum atomic E-state index is -0.127. The van der Waals surface area contributed by atoms with E-state index in [1.807, 2.05) is 25.1 Å². The van der Waals surface area contributed by atoms with Crippen LogP contribution in [0.15, 0.2) is 18.2 Å². The molecule has 1 unspecified atom stereocenters. The molecule has 1 atom stereocenters. The lowest BCUT2D eigenvalue weighted by Gasteiger charge is -2.20. The molecule has 0 saturated heterocycles. The summed E-state index contributed by atoms with van der Waals surface area (Å²) in [6, 6.07) is 7.38. The highest BCUT2D eigenvalue weighted by Crippen LogP contribution is 2.33. The van der Waals surface area contributed by atoms with E-state index in [1.54, 1.807) is 6.07 Å². The average Bonchev–Trinajstić information content (AvgIpc) is 2.50. The van der Waals surface area contributed by atoms with Gasteiger partial charge >= 0.3 is 0 Å². The van der Waals surface area contributed by atoms with Crippen LogP contribution in [0.4, 0.5) is 5.69 Å². The number of nitriles is 1. The van der Waals surface area contributed by atoms with Crippen molar-refractivity contribution in [3.8, 4) is 11.8 Å². The fourth-order valence-electron chi connectivity index (χ4n) is 1.91. The van der Waals surface area contributed by atoms with Crippen molar-refractivity contribution in [2.24, 2.45) is 5.73 Å². The third-order valence-electron chi connectivity index (χ3n) is 2.90. The van der Waals surface area contributed by atoms with Gasteiger partial charge in [0.05, 0.1) is 24.8 Å². The number of amides is 1. The van der Waals surface area contributed by atoms with Crippen LogP contribution in [0.1, 0.15) is 24.9 Å². The predicted octanol–water partition coefficient (Wildman–Crippen LogP) is 1.35. The van der Waals surface area contributed by atoms with Gasteiger partial charge in [-0.25, -0.2) is 0 Å². The molecule has 1 heterocycles.